The zero-order valence-electron chi connectivity index (χ0n) is 15.1. The molecule has 0 radical (unpaired) electrons. The third kappa shape index (κ3) is 4.85. The Hall–Kier alpha value is -2.52. The molecule has 1 amide bonds. The van der Waals surface area contributed by atoms with Crippen molar-refractivity contribution < 1.29 is 26.7 Å². The van der Waals surface area contributed by atoms with Crippen LogP contribution in [0.3, 0.4) is 0 Å². The van der Waals surface area contributed by atoms with Gasteiger partial charge in [0.15, 0.2) is 6.61 Å². The molecule has 1 aliphatic rings. The van der Waals surface area contributed by atoms with Crippen LogP contribution in [0.15, 0.2) is 53.4 Å². The van der Waals surface area contributed by atoms with Gasteiger partial charge in [-0.3, -0.25) is 4.79 Å². The second kappa shape index (κ2) is 8.66. The van der Waals surface area contributed by atoms with E-state index in [1.54, 1.807) is 6.07 Å². The largest absolute Gasteiger partial charge is 0.484 e. The van der Waals surface area contributed by atoms with Crippen LogP contribution in [0.25, 0.3) is 0 Å². The highest BCUT2D eigenvalue weighted by Gasteiger charge is 2.28. The molecule has 9 heteroatoms. The molecule has 1 saturated heterocycles. The molecule has 1 fully saturated rings. The molecule has 0 bridgehead atoms. The molecule has 28 heavy (non-hydrogen) atoms. The first-order valence-corrected chi connectivity index (χ1v) is 10.2. The SMILES string of the molecule is O=C(COc1cccc(F)c1)N1CCCN(S(=O)(=O)c2ccc(F)cc2)CC1. The quantitative estimate of drug-likeness (QED) is 0.759. The lowest BCUT2D eigenvalue weighted by molar-refractivity contribution is -0.133. The van der Waals surface area contributed by atoms with Gasteiger partial charge in [-0.2, -0.15) is 4.31 Å². The van der Waals surface area contributed by atoms with Crippen molar-refractivity contribution in [3.8, 4) is 5.75 Å². The summed E-state index contributed by atoms with van der Waals surface area (Å²) in [5, 5.41) is 0. The van der Waals surface area contributed by atoms with Gasteiger partial charge in [-0.1, -0.05) is 6.07 Å². The Kier molecular flexibility index (Phi) is 6.25. The Labute approximate surface area is 162 Å². The molecule has 3 rings (SSSR count). The predicted octanol–water partition coefficient (Wildman–Crippen LogP) is 2.27. The van der Waals surface area contributed by atoms with Crippen molar-refractivity contribution in [2.45, 2.75) is 11.3 Å². The predicted molar refractivity (Wildman–Crippen MR) is 98.3 cm³/mol. The highest BCUT2D eigenvalue weighted by Crippen LogP contribution is 2.18. The van der Waals surface area contributed by atoms with E-state index in [0.29, 0.717) is 13.0 Å². The monoisotopic (exact) mass is 410 g/mol. The number of nitrogens with zero attached hydrogens (tertiary/aromatic N) is 2. The molecule has 0 unspecified atom stereocenters. The van der Waals surface area contributed by atoms with E-state index < -0.39 is 21.7 Å². The summed E-state index contributed by atoms with van der Waals surface area (Å²) in [4.78, 5) is 13.9. The normalized spacial score (nSPS) is 15.9. The van der Waals surface area contributed by atoms with Crippen LogP contribution in [0, 0.1) is 11.6 Å². The fraction of sp³-hybridized carbons (Fsp3) is 0.316. The molecule has 0 aromatic heterocycles. The number of hydrogen-bond donors (Lipinski definition) is 0. The van der Waals surface area contributed by atoms with Gasteiger partial charge in [-0.25, -0.2) is 17.2 Å². The first-order valence-electron chi connectivity index (χ1n) is 8.78. The molecular formula is C19H20F2N2O4S. The molecule has 150 valence electrons. The minimum atomic E-state index is -3.76. The molecule has 0 spiro atoms. The number of sulfonamides is 1. The van der Waals surface area contributed by atoms with E-state index in [4.69, 9.17) is 4.74 Å². The molecule has 0 aliphatic carbocycles. The summed E-state index contributed by atoms with van der Waals surface area (Å²) in [6.07, 6.45) is 0.464. The fourth-order valence-corrected chi connectivity index (χ4v) is 4.40. The van der Waals surface area contributed by atoms with Crippen molar-refractivity contribution in [1.29, 1.82) is 0 Å². The summed E-state index contributed by atoms with van der Waals surface area (Å²) in [6.45, 7) is 0.736. The third-order valence-electron chi connectivity index (χ3n) is 4.42. The van der Waals surface area contributed by atoms with Crippen molar-refractivity contribution in [1.82, 2.24) is 9.21 Å². The maximum absolute atomic E-state index is 13.2. The maximum atomic E-state index is 13.2. The standard InChI is InChI=1S/C19H20F2N2O4S/c20-15-5-7-18(8-6-15)28(25,26)23-10-2-9-22(11-12-23)19(24)14-27-17-4-1-3-16(21)13-17/h1,3-8,13H,2,9-12,14H2. The van der Waals surface area contributed by atoms with Gasteiger partial charge in [-0.15, -0.1) is 0 Å². The minimum Gasteiger partial charge on any atom is -0.484 e. The van der Waals surface area contributed by atoms with Crippen LogP contribution in [0.1, 0.15) is 6.42 Å². The van der Waals surface area contributed by atoms with Crippen molar-refractivity contribution in [2.24, 2.45) is 0 Å². The zero-order valence-corrected chi connectivity index (χ0v) is 15.9. The highest BCUT2D eigenvalue weighted by molar-refractivity contribution is 7.89. The van der Waals surface area contributed by atoms with Crippen molar-refractivity contribution in [3.05, 3.63) is 60.2 Å². The second-order valence-corrected chi connectivity index (χ2v) is 8.28. The minimum absolute atomic E-state index is 0.0168. The van der Waals surface area contributed by atoms with Gasteiger partial charge in [0.2, 0.25) is 10.0 Å². The topological polar surface area (TPSA) is 66.9 Å². The number of carbonyl (C=O) groups excluding carboxylic acids is 1. The number of rotatable bonds is 5. The highest BCUT2D eigenvalue weighted by atomic mass is 32.2. The number of halogens is 2. The van der Waals surface area contributed by atoms with E-state index in [9.17, 15) is 22.0 Å². The molecule has 0 atom stereocenters. The van der Waals surface area contributed by atoms with Crippen LogP contribution in [0.2, 0.25) is 0 Å². The lowest BCUT2D eigenvalue weighted by Crippen LogP contribution is -2.39. The van der Waals surface area contributed by atoms with Crippen molar-refractivity contribution >= 4 is 15.9 Å². The van der Waals surface area contributed by atoms with Crippen LogP contribution in [0.4, 0.5) is 8.78 Å². The van der Waals surface area contributed by atoms with Gasteiger partial charge in [-0.05, 0) is 42.8 Å². The smallest absolute Gasteiger partial charge is 0.260 e. The summed E-state index contributed by atoms with van der Waals surface area (Å²) >= 11 is 0. The Balaban J connectivity index is 1.59. The summed E-state index contributed by atoms with van der Waals surface area (Å²) in [5.74, 6) is -1.01. The van der Waals surface area contributed by atoms with Crippen LogP contribution in [-0.2, 0) is 14.8 Å². The van der Waals surface area contributed by atoms with Gasteiger partial charge >= 0.3 is 0 Å². The van der Waals surface area contributed by atoms with E-state index in [-0.39, 0.29) is 42.8 Å². The fourth-order valence-electron chi connectivity index (χ4n) is 2.93. The third-order valence-corrected chi connectivity index (χ3v) is 6.33. The van der Waals surface area contributed by atoms with E-state index in [1.807, 2.05) is 0 Å². The molecule has 0 saturated carbocycles. The van der Waals surface area contributed by atoms with Crippen molar-refractivity contribution in [3.63, 3.8) is 0 Å². The lowest BCUT2D eigenvalue weighted by atomic mass is 10.3. The number of ether oxygens (including phenoxy) is 1. The summed E-state index contributed by atoms with van der Waals surface area (Å²) < 4.78 is 58.2. The van der Waals surface area contributed by atoms with E-state index in [0.717, 1.165) is 12.1 Å². The maximum Gasteiger partial charge on any atom is 0.260 e. The summed E-state index contributed by atoms with van der Waals surface area (Å²) in [6, 6.07) is 10.2. The van der Waals surface area contributed by atoms with E-state index in [2.05, 4.69) is 0 Å². The van der Waals surface area contributed by atoms with Crippen LogP contribution < -0.4 is 4.74 Å². The summed E-state index contributed by atoms with van der Waals surface area (Å²) in [5.41, 5.74) is 0. The molecule has 2 aromatic carbocycles. The molecule has 1 aliphatic heterocycles. The van der Waals surface area contributed by atoms with Crippen LogP contribution in [-0.4, -0.2) is 56.3 Å². The molecule has 6 nitrogen and oxygen atoms in total. The van der Waals surface area contributed by atoms with Crippen LogP contribution in [0.5, 0.6) is 5.75 Å². The van der Waals surface area contributed by atoms with Gasteiger partial charge in [0.05, 0.1) is 4.90 Å². The number of carbonyl (C=O) groups is 1. The number of hydrogen-bond acceptors (Lipinski definition) is 4. The Bertz CT molecular complexity index is 935. The van der Waals surface area contributed by atoms with Gasteiger partial charge in [0.1, 0.15) is 17.4 Å². The Morgan fingerprint density at radius 2 is 1.71 bits per heavy atom. The zero-order chi connectivity index (χ0) is 20.1. The molecule has 2 aromatic rings. The molecule has 1 heterocycles. The average Bonchev–Trinajstić information content (AvgIpc) is 2.93. The lowest BCUT2D eigenvalue weighted by Gasteiger charge is -2.22. The molecule has 0 N–H and O–H groups in total. The van der Waals surface area contributed by atoms with E-state index in [1.165, 1.54) is 39.5 Å². The Morgan fingerprint density at radius 3 is 2.43 bits per heavy atom. The molecular weight excluding hydrogens is 390 g/mol. The van der Waals surface area contributed by atoms with E-state index >= 15 is 0 Å². The summed E-state index contributed by atoms with van der Waals surface area (Å²) in [7, 11) is -3.76. The second-order valence-electron chi connectivity index (χ2n) is 6.34. The van der Waals surface area contributed by atoms with Gasteiger partial charge < -0.3 is 9.64 Å². The van der Waals surface area contributed by atoms with Crippen LogP contribution >= 0.6 is 0 Å². The average molecular weight is 410 g/mol. The Morgan fingerprint density at radius 1 is 0.964 bits per heavy atom. The first-order chi connectivity index (χ1) is 13.4. The number of amides is 1. The van der Waals surface area contributed by atoms with Gasteiger partial charge in [0.25, 0.3) is 5.91 Å². The number of benzene rings is 2. The van der Waals surface area contributed by atoms with Crippen molar-refractivity contribution in [2.75, 3.05) is 32.8 Å². The van der Waals surface area contributed by atoms with Gasteiger partial charge in [0, 0.05) is 32.2 Å². The first kappa shape index (κ1) is 20.2.